The number of fused-ring (bicyclic) bond motifs is 6. The number of benzene rings is 8. The SMILES string of the molecule is Cc1ccc2c(c1)sc1cccc(-c3cccc(-c4nc(-c5ccc(-c6ccccc6)cc5)nc(-c5cccc(-c6cccc7sc8ccccc8c67)c5)n4)c3)c12. The van der Waals surface area contributed by atoms with Crippen molar-refractivity contribution < 1.29 is 0 Å². The molecule has 0 aliphatic carbocycles. The fraction of sp³-hybridized carbons (Fsp3) is 0.0192. The van der Waals surface area contributed by atoms with Gasteiger partial charge < -0.3 is 0 Å². The van der Waals surface area contributed by atoms with E-state index in [0.29, 0.717) is 17.5 Å². The van der Waals surface area contributed by atoms with Crippen LogP contribution in [0.25, 0.3) is 108 Å². The maximum Gasteiger partial charge on any atom is 0.164 e. The first-order valence-electron chi connectivity index (χ1n) is 19.1. The molecule has 0 fully saturated rings. The largest absolute Gasteiger partial charge is 0.208 e. The Bertz CT molecular complexity index is 3310. The van der Waals surface area contributed by atoms with Crippen molar-refractivity contribution in [3.8, 4) is 67.5 Å². The van der Waals surface area contributed by atoms with E-state index in [0.717, 1.165) is 33.4 Å². The normalized spacial score (nSPS) is 11.6. The lowest BCUT2D eigenvalue weighted by molar-refractivity contribution is 1.07. The van der Waals surface area contributed by atoms with Gasteiger partial charge in [0.2, 0.25) is 0 Å². The lowest BCUT2D eigenvalue weighted by Crippen LogP contribution is -2.00. The highest BCUT2D eigenvalue weighted by atomic mass is 32.1. The van der Waals surface area contributed by atoms with Crippen molar-refractivity contribution >= 4 is 63.0 Å². The van der Waals surface area contributed by atoms with E-state index in [-0.39, 0.29) is 0 Å². The molecule has 0 aliphatic heterocycles. The van der Waals surface area contributed by atoms with Crippen molar-refractivity contribution in [3.05, 3.63) is 188 Å². The summed E-state index contributed by atoms with van der Waals surface area (Å²) >= 11 is 3.69. The summed E-state index contributed by atoms with van der Waals surface area (Å²) in [5, 5.41) is 5.14. The van der Waals surface area contributed by atoms with E-state index in [9.17, 15) is 0 Å². The third-order valence-electron chi connectivity index (χ3n) is 10.8. The second kappa shape index (κ2) is 13.7. The van der Waals surface area contributed by atoms with E-state index in [1.807, 2.05) is 28.7 Å². The van der Waals surface area contributed by atoms with Gasteiger partial charge in [0.1, 0.15) is 0 Å². The minimum absolute atomic E-state index is 0.637. The van der Waals surface area contributed by atoms with Gasteiger partial charge in [0.05, 0.1) is 0 Å². The van der Waals surface area contributed by atoms with Crippen LogP contribution in [0, 0.1) is 6.92 Å². The van der Waals surface area contributed by atoms with Crippen molar-refractivity contribution in [1.82, 2.24) is 15.0 Å². The maximum atomic E-state index is 5.23. The average molecular weight is 764 g/mol. The molecular weight excluding hydrogens is 731 g/mol. The average Bonchev–Trinajstić information content (AvgIpc) is 3.85. The highest BCUT2D eigenvalue weighted by molar-refractivity contribution is 7.26. The van der Waals surface area contributed by atoms with Crippen LogP contribution in [0.3, 0.4) is 0 Å². The molecule has 57 heavy (non-hydrogen) atoms. The van der Waals surface area contributed by atoms with E-state index >= 15 is 0 Å². The van der Waals surface area contributed by atoms with Crippen LogP contribution in [0.5, 0.6) is 0 Å². The molecule has 0 unspecified atom stereocenters. The number of nitrogens with zero attached hydrogens (tertiary/aromatic N) is 3. The number of hydrogen-bond donors (Lipinski definition) is 0. The smallest absolute Gasteiger partial charge is 0.164 e. The summed E-state index contributed by atoms with van der Waals surface area (Å²) in [5.41, 5.74) is 11.1. The fourth-order valence-electron chi connectivity index (χ4n) is 8.05. The summed E-state index contributed by atoms with van der Waals surface area (Å²) in [4.78, 5) is 15.6. The van der Waals surface area contributed by atoms with Gasteiger partial charge in [-0.3, -0.25) is 0 Å². The third kappa shape index (κ3) is 6.00. The summed E-state index contributed by atoms with van der Waals surface area (Å²) in [5.74, 6) is 1.91. The molecule has 11 rings (SSSR count). The molecule has 0 amide bonds. The van der Waals surface area contributed by atoms with E-state index in [1.54, 1.807) is 0 Å². The molecule has 8 aromatic carbocycles. The van der Waals surface area contributed by atoms with Gasteiger partial charge in [-0.15, -0.1) is 22.7 Å². The van der Waals surface area contributed by atoms with Crippen LogP contribution < -0.4 is 0 Å². The van der Waals surface area contributed by atoms with E-state index in [2.05, 4.69) is 183 Å². The zero-order chi connectivity index (χ0) is 37.9. The minimum atomic E-state index is 0.637. The Labute approximate surface area is 338 Å². The predicted octanol–water partition coefficient (Wildman–Crippen LogP) is 14.9. The van der Waals surface area contributed by atoms with Gasteiger partial charge in [-0.2, -0.15) is 0 Å². The van der Waals surface area contributed by atoms with Gasteiger partial charge in [-0.25, -0.2) is 15.0 Å². The summed E-state index contributed by atoms with van der Waals surface area (Å²) in [7, 11) is 0. The van der Waals surface area contributed by atoms with Crippen molar-refractivity contribution in [1.29, 1.82) is 0 Å². The summed E-state index contributed by atoms with van der Waals surface area (Å²) in [6.07, 6.45) is 0. The topological polar surface area (TPSA) is 38.7 Å². The van der Waals surface area contributed by atoms with Gasteiger partial charge in [0.15, 0.2) is 17.5 Å². The van der Waals surface area contributed by atoms with Crippen LogP contribution in [0.1, 0.15) is 5.56 Å². The van der Waals surface area contributed by atoms with Crippen LogP contribution in [-0.2, 0) is 0 Å². The Morgan fingerprint density at radius 3 is 1.42 bits per heavy atom. The molecule has 0 saturated carbocycles. The number of rotatable bonds is 6. The second-order valence-corrected chi connectivity index (χ2v) is 16.6. The molecule has 0 saturated heterocycles. The van der Waals surface area contributed by atoms with Crippen LogP contribution in [0.15, 0.2) is 182 Å². The monoisotopic (exact) mass is 763 g/mol. The van der Waals surface area contributed by atoms with Crippen molar-refractivity contribution in [2.45, 2.75) is 6.92 Å². The van der Waals surface area contributed by atoms with Crippen molar-refractivity contribution in [2.24, 2.45) is 0 Å². The second-order valence-electron chi connectivity index (χ2n) is 14.5. The third-order valence-corrected chi connectivity index (χ3v) is 13.1. The molecule has 11 aromatic rings. The van der Waals surface area contributed by atoms with Crippen molar-refractivity contribution in [2.75, 3.05) is 0 Å². The molecule has 268 valence electrons. The van der Waals surface area contributed by atoms with Crippen LogP contribution in [-0.4, -0.2) is 15.0 Å². The molecule has 0 N–H and O–H groups in total. The van der Waals surface area contributed by atoms with E-state index in [4.69, 9.17) is 15.0 Å². The highest BCUT2D eigenvalue weighted by Gasteiger charge is 2.17. The minimum Gasteiger partial charge on any atom is -0.208 e. The first-order chi connectivity index (χ1) is 28.1. The molecule has 0 spiro atoms. The first-order valence-corrected chi connectivity index (χ1v) is 20.7. The first kappa shape index (κ1) is 33.5. The van der Waals surface area contributed by atoms with Gasteiger partial charge in [-0.1, -0.05) is 146 Å². The Balaban J connectivity index is 1.06. The zero-order valence-corrected chi connectivity index (χ0v) is 32.6. The Kier molecular flexibility index (Phi) is 8.09. The van der Waals surface area contributed by atoms with Gasteiger partial charge in [-0.05, 0) is 82.3 Å². The summed E-state index contributed by atoms with van der Waals surface area (Å²) in [6.45, 7) is 2.16. The fourth-order valence-corrected chi connectivity index (χ4v) is 10.4. The van der Waals surface area contributed by atoms with Gasteiger partial charge in [0.25, 0.3) is 0 Å². The molecule has 0 radical (unpaired) electrons. The van der Waals surface area contributed by atoms with E-state index < -0.39 is 0 Å². The molecule has 0 atom stereocenters. The zero-order valence-electron chi connectivity index (χ0n) is 31.0. The Morgan fingerprint density at radius 1 is 0.316 bits per heavy atom. The van der Waals surface area contributed by atoms with Crippen LogP contribution in [0.4, 0.5) is 0 Å². The number of aromatic nitrogens is 3. The predicted molar refractivity (Wildman–Crippen MR) is 243 cm³/mol. The molecule has 0 bridgehead atoms. The molecule has 3 nitrogen and oxygen atoms in total. The number of thiophene rings is 2. The number of hydrogen-bond acceptors (Lipinski definition) is 5. The Morgan fingerprint density at radius 2 is 0.772 bits per heavy atom. The molecule has 5 heteroatoms. The number of aryl methyl sites for hydroxylation is 1. The van der Waals surface area contributed by atoms with Crippen LogP contribution >= 0.6 is 22.7 Å². The molecule has 3 aromatic heterocycles. The lowest BCUT2D eigenvalue weighted by Gasteiger charge is -2.12. The maximum absolute atomic E-state index is 5.23. The van der Waals surface area contributed by atoms with E-state index in [1.165, 1.54) is 62.6 Å². The Hall–Kier alpha value is -6.79. The standard InChI is InChI=1S/C52H33N3S2/c1-32-23-28-43-47(29-32)57-46-22-10-19-41(49(43)46)37-14-8-16-39(31-37)52-54-50(35-26-24-34(25-27-35)33-11-3-2-4-12-33)53-51(55-52)38-15-7-13-36(30-38)40-18-9-21-45-48(40)42-17-5-6-20-44(42)56-45/h2-31H,1H3. The van der Waals surface area contributed by atoms with Crippen molar-refractivity contribution in [3.63, 3.8) is 0 Å². The van der Waals surface area contributed by atoms with Crippen LogP contribution in [0.2, 0.25) is 0 Å². The molecule has 3 heterocycles. The van der Waals surface area contributed by atoms with Gasteiger partial charge in [0, 0.05) is 57.0 Å². The molecular formula is C52H33N3S2. The summed E-state index contributed by atoms with van der Waals surface area (Å²) in [6, 6.07) is 64.9. The van der Waals surface area contributed by atoms with Gasteiger partial charge >= 0.3 is 0 Å². The summed E-state index contributed by atoms with van der Waals surface area (Å²) < 4.78 is 5.17. The molecule has 0 aliphatic rings. The highest BCUT2D eigenvalue weighted by Crippen LogP contribution is 2.42. The lowest BCUT2D eigenvalue weighted by atomic mass is 9.97. The quantitative estimate of drug-likeness (QED) is 0.169.